The van der Waals surface area contributed by atoms with Gasteiger partial charge in [0.05, 0.1) is 17.0 Å². The number of halogens is 3. The summed E-state index contributed by atoms with van der Waals surface area (Å²) in [5.74, 6) is 0.189. The van der Waals surface area contributed by atoms with Gasteiger partial charge in [-0.15, -0.1) is 11.6 Å². The maximum absolute atomic E-state index is 9.35. The second kappa shape index (κ2) is 4.47. The summed E-state index contributed by atoms with van der Waals surface area (Å²) >= 11 is 14.5. The SMILES string of the molecule is OC(CCl)c1ccc(Cl)c(Br)c1. The lowest BCUT2D eigenvalue weighted by atomic mass is 10.1. The Hall–Kier alpha value is 0.240. The van der Waals surface area contributed by atoms with Gasteiger partial charge < -0.3 is 5.11 Å². The summed E-state index contributed by atoms with van der Waals surface area (Å²) in [6.45, 7) is 0. The first-order valence-corrected chi connectivity index (χ1v) is 5.04. The van der Waals surface area contributed by atoms with Crippen LogP contribution in [-0.2, 0) is 0 Å². The van der Waals surface area contributed by atoms with Gasteiger partial charge in [-0.25, -0.2) is 0 Å². The first-order chi connectivity index (χ1) is 5.65. The van der Waals surface area contributed by atoms with Crippen molar-refractivity contribution in [2.45, 2.75) is 6.10 Å². The number of hydrogen-bond donors (Lipinski definition) is 1. The molecule has 12 heavy (non-hydrogen) atoms. The number of aliphatic hydroxyl groups excluding tert-OH is 1. The van der Waals surface area contributed by atoms with E-state index in [9.17, 15) is 5.11 Å². The molecule has 0 radical (unpaired) electrons. The number of aliphatic hydroxyl groups is 1. The Kier molecular flexibility index (Phi) is 3.84. The molecule has 0 saturated heterocycles. The van der Waals surface area contributed by atoms with Crippen molar-refractivity contribution in [2.24, 2.45) is 0 Å². The zero-order valence-electron chi connectivity index (χ0n) is 6.10. The largest absolute Gasteiger partial charge is 0.387 e. The summed E-state index contributed by atoms with van der Waals surface area (Å²) in [6, 6.07) is 5.23. The van der Waals surface area contributed by atoms with Gasteiger partial charge in [-0.2, -0.15) is 0 Å². The van der Waals surface area contributed by atoms with Crippen LogP contribution in [0.3, 0.4) is 0 Å². The molecule has 0 spiro atoms. The Labute approximate surface area is 89.4 Å². The molecule has 66 valence electrons. The third-order valence-corrected chi connectivity index (χ3v) is 2.98. The Bertz CT molecular complexity index is 278. The molecule has 4 heteroatoms. The zero-order chi connectivity index (χ0) is 9.14. The lowest BCUT2D eigenvalue weighted by molar-refractivity contribution is 0.202. The summed E-state index contributed by atoms with van der Waals surface area (Å²) in [7, 11) is 0. The van der Waals surface area contributed by atoms with Crippen LogP contribution in [-0.4, -0.2) is 11.0 Å². The molecule has 1 atom stereocenters. The molecular weight excluding hydrogens is 263 g/mol. The van der Waals surface area contributed by atoms with Gasteiger partial charge in [0.2, 0.25) is 0 Å². The van der Waals surface area contributed by atoms with E-state index in [0.717, 1.165) is 10.0 Å². The van der Waals surface area contributed by atoms with Crippen LogP contribution in [0.1, 0.15) is 11.7 Å². The number of alkyl halides is 1. The highest BCUT2D eigenvalue weighted by atomic mass is 79.9. The molecular formula is C8H7BrCl2O. The molecule has 0 saturated carbocycles. The highest BCUT2D eigenvalue weighted by Crippen LogP contribution is 2.26. The van der Waals surface area contributed by atoms with Crippen LogP contribution >= 0.6 is 39.1 Å². The van der Waals surface area contributed by atoms with Crippen molar-refractivity contribution in [2.75, 3.05) is 5.88 Å². The standard InChI is InChI=1S/C8H7BrCl2O/c9-6-3-5(8(12)4-10)1-2-7(6)11/h1-3,8,12H,4H2. The molecule has 0 heterocycles. The average Bonchev–Trinajstić information content (AvgIpc) is 2.08. The highest BCUT2D eigenvalue weighted by molar-refractivity contribution is 9.10. The highest BCUT2D eigenvalue weighted by Gasteiger charge is 2.06. The number of rotatable bonds is 2. The van der Waals surface area contributed by atoms with Crippen LogP contribution in [0.2, 0.25) is 5.02 Å². The first-order valence-electron chi connectivity index (χ1n) is 3.34. The average molecular weight is 270 g/mol. The van der Waals surface area contributed by atoms with Gasteiger partial charge in [0.1, 0.15) is 0 Å². The fourth-order valence-electron chi connectivity index (χ4n) is 0.809. The number of hydrogen-bond acceptors (Lipinski definition) is 1. The van der Waals surface area contributed by atoms with E-state index in [1.54, 1.807) is 18.2 Å². The fourth-order valence-corrected chi connectivity index (χ4v) is 1.50. The van der Waals surface area contributed by atoms with Gasteiger partial charge >= 0.3 is 0 Å². The van der Waals surface area contributed by atoms with Crippen molar-refractivity contribution < 1.29 is 5.11 Å². The molecule has 0 aromatic heterocycles. The summed E-state index contributed by atoms with van der Waals surface area (Å²) in [5.41, 5.74) is 0.765. The van der Waals surface area contributed by atoms with Gasteiger partial charge in [-0.3, -0.25) is 0 Å². The molecule has 0 amide bonds. The molecule has 0 aliphatic rings. The number of benzene rings is 1. The Morgan fingerprint density at radius 2 is 2.17 bits per heavy atom. The predicted octanol–water partition coefficient (Wildman–Crippen LogP) is 3.37. The van der Waals surface area contributed by atoms with Crippen molar-refractivity contribution >= 4 is 39.1 Å². The van der Waals surface area contributed by atoms with Crippen molar-refractivity contribution in [3.8, 4) is 0 Å². The summed E-state index contributed by atoms with van der Waals surface area (Å²) in [4.78, 5) is 0. The molecule has 0 bridgehead atoms. The maximum Gasteiger partial charge on any atom is 0.0925 e. The minimum absolute atomic E-state index is 0.189. The fraction of sp³-hybridized carbons (Fsp3) is 0.250. The summed E-state index contributed by atoms with van der Waals surface area (Å²) in [6.07, 6.45) is -0.625. The molecule has 1 rings (SSSR count). The Morgan fingerprint density at radius 3 is 2.67 bits per heavy atom. The lowest BCUT2D eigenvalue weighted by Crippen LogP contribution is -1.97. The molecule has 1 aromatic carbocycles. The van der Waals surface area contributed by atoms with Crippen molar-refractivity contribution in [1.29, 1.82) is 0 Å². The lowest BCUT2D eigenvalue weighted by Gasteiger charge is -2.07. The second-order valence-corrected chi connectivity index (χ2v) is 3.91. The van der Waals surface area contributed by atoms with Crippen LogP contribution in [0.15, 0.2) is 22.7 Å². The zero-order valence-corrected chi connectivity index (χ0v) is 9.20. The van der Waals surface area contributed by atoms with Crippen LogP contribution < -0.4 is 0 Å². The van der Waals surface area contributed by atoms with E-state index >= 15 is 0 Å². The Balaban J connectivity index is 2.96. The van der Waals surface area contributed by atoms with Crippen LogP contribution in [0.25, 0.3) is 0 Å². The third kappa shape index (κ3) is 2.36. The van der Waals surface area contributed by atoms with Gasteiger partial charge in [0, 0.05) is 4.47 Å². The van der Waals surface area contributed by atoms with Crippen molar-refractivity contribution in [3.63, 3.8) is 0 Å². The van der Waals surface area contributed by atoms with E-state index in [0.29, 0.717) is 5.02 Å². The van der Waals surface area contributed by atoms with Gasteiger partial charge in [0.15, 0.2) is 0 Å². The first kappa shape index (κ1) is 10.3. The van der Waals surface area contributed by atoms with Crippen LogP contribution in [0, 0.1) is 0 Å². The molecule has 0 aliphatic heterocycles. The van der Waals surface area contributed by atoms with E-state index in [4.69, 9.17) is 23.2 Å². The van der Waals surface area contributed by atoms with E-state index in [1.165, 1.54) is 0 Å². The van der Waals surface area contributed by atoms with Gasteiger partial charge in [-0.05, 0) is 33.6 Å². The molecule has 1 aromatic rings. The maximum atomic E-state index is 9.35. The minimum Gasteiger partial charge on any atom is -0.387 e. The third-order valence-electron chi connectivity index (χ3n) is 1.47. The van der Waals surface area contributed by atoms with Gasteiger partial charge in [0.25, 0.3) is 0 Å². The van der Waals surface area contributed by atoms with E-state index in [2.05, 4.69) is 15.9 Å². The minimum atomic E-state index is -0.625. The van der Waals surface area contributed by atoms with E-state index in [-0.39, 0.29) is 5.88 Å². The van der Waals surface area contributed by atoms with Crippen LogP contribution in [0.4, 0.5) is 0 Å². The Morgan fingerprint density at radius 1 is 1.50 bits per heavy atom. The molecule has 1 N–H and O–H groups in total. The molecule has 1 nitrogen and oxygen atoms in total. The quantitative estimate of drug-likeness (QED) is 0.817. The predicted molar refractivity (Wildman–Crippen MR) is 54.8 cm³/mol. The molecule has 1 unspecified atom stereocenters. The van der Waals surface area contributed by atoms with Gasteiger partial charge in [-0.1, -0.05) is 17.7 Å². The van der Waals surface area contributed by atoms with Crippen LogP contribution in [0.5, 0.6) is 0 Å². The van der Waals surface area contributed by atoms with E-state index < -0.39 is 6.10 Å². The summed E-state index contributed by atoms with van der Waals surface area (Å²) < 4.78 is 0.769. The van der Waals surface area contributed by atoms with E-state index in [1.807, 2.05) is 0 Å². The summed E-state index contributed by atoms with van der Waals surface area (Å²) in [5, 5.41) is 9.97. The molecule has 0 fully saturated rings. The molecule has 0 aliphatic carbocycles. The monoisotopic (exact) mass is 268 g/mol. The second-order valence-electron chi connectivity index (χ2n) is 2.34. The van der Waals surface area contributed by atoms with Crippen molar-refractivity contribution in [1.82, 2.24) is 0 Å². The topological polar surface area (TPSA) is 20.2 Å². The van der Waals surface area contributed by atoms with Crippen molar-refractivity contribution in [3.05, 3.63) is 33.3 Å². The smallest absolute Gasteiger partial charge is 0.0925 e. The normalized spacial score (nSPS) is 13.0.